The van der Waals surface area contributed by atoms with Crippen molar-refractivity contribution in [2.24, 2.45) is 0 Å². The van der Waals surface area contributed by atoms with E-state index >= 15 is 0 Å². The Labute approximate surface area is 255 Å². The number of carbonyl (C=O) groups is 1. The molecule has 0 saturated carbocycles. The molecule has 6 rings (SSSR count). The number of benzene rings is 2. The Bertz CT molecular complexity index is 1980. The van der Waals surface area contributed by atoms with Crippen LogP contribution in [-0.4, -0.2) is 58.5 Å². The van der Waals surface area contributed by atoms with E-state index in [0.29, 0.717) is 11.3 Å². The van der Waals surface area contributed by atoms with Gasteiger partial charge in [0.05, 0.1) is 22.4 Å². The topological polar surface area (TPSA) is 102 Å². The maximum atomic E-state index is 13.7. The van der Waals surface area contributed by atoms with Crippen molar-refractivity contribution in [3.05, 3.63) is 119 Å². The molecular weight excluding hydrogens is 579 g/mol. The number of pyridine rings is 1. The molecule has 1 N–H and O–H groups in total. The fourth-order valence-corrected chi connectivity index (χ4v) is 6.67. The van der Waals surface area contributed by atoms with E-state index in [0.717, 1.165) is 37.1 Å². The fourth-order valence-electron chi connectivity index (χ4n) is 5.25. The number of nitrogens with zero attached hydrogens (tertiary/aromatic N) is 5. The summed E-state index contributed by atoms with van der Waals surface area (Å²) in [5, 5.41) is 7.48. The number of nitrogens with one attached hydrogen (secondary N) is 1. The number of piperidine rings is 1. The zero-order valence-electron chi connectivity index (χ0n) is 24.1. The molecule has 5 aromatic rings. The third-order valence-corrected chi connectivity index (χ3v) is 9.44. The average molecular weight is 611 g/mol. The lowest BCUT2D eigenvalue weighted by atomic mass is 10.1. The highest BCUT2D eigenvalue weighted by molar-refractivity contribution is 7.90. The SMILES string of the molecule is CN1CCC(n2ccc(CS(=O)(=O)c3ccc(C(=O)NCc4ccn5ccnc5c4)cc3C#Cc3ccc(F)cc3)n2)CC1. The van der Waals surface area contributed by atoms with Crippen LogP contribution in [-0.2, 0) is 22.1 Å². The predicted molar refractivity (Wildman–Crippen MR) is 164 cm³/mol. The van der Waals surface area contributed by atoms with Gasteiger partial charge < -0.3 is 14.6 Å². The van der Waals surface area contributed by atoms with Crippen LogP contribution in [0.1, 0.15) is 51.6 Å². The molecule has 0 spiro atoms. The average Bonchev–Trinajstić information content (AvgIpc) is 3.69. The molecule has 4 heterocycles. The Balaban J connectivity index is 1.25. The molecule has 1 aliphatic rings. The van der Waals surface area contributed by atoms with E-state index in [1.54, 1.807) is 12.3 Å². The number of imidazole rings is 1. The minimum absolute atomic E-state index is 0.00209. The second-order valence-corrected chi connectivity index (χ2v) is 12.9. The number of halogens is 1. The summed E-state index contributed by atoms with van der Waals surface area (Å²) in [7, 11) is -1.79. The molecule has 3 aromatic heterocycles. The molecule has 0 radical (unpaired) electrons. The van der Waals surface area contributed by atoms with Crippen molar-refractivity contribution in [1.29, 1.82) is 0 Å². The Hall–Kier alpha value is -4.79. The molecule has 2 aromatic carbocycles. The van der Waals surface area contributed by atoms with Gasteiger partial charge in [0.2, 0.25) is 0 Å². The van der Waals surface area contributed by atoms with Crippen LogP contribution in [0.25, 0.3) is 5.65 Å². The van der Waals surface area contributed by atoms with Gasteiger partial charge in [0.15, 0.2) is 9.84 Å². The number of rotatable bonds is 7. The van der Waals surface area contributed by atoms with Gasteiger partial charge in [-0.15, -0.1) is 0 Å². The Kier molecular flexibility index (Phi) is 8.28. The van der Waals surface area contributed by atoms with Gasteiger partial charge in [0.1, 0.15) is 11.5 Å². The van der Waals surface area contributed by atoms with E-state index in [1.807, 2.05) is 39.8 Å². The van der Waals surface area contributed by atoms with Crippen molar-refractivity contribution in [2.45, 2.75) is 36.1 Å². The monoisotopic (exact) mass is 610 g/mol. The number of hydrogen-bond acceptors (Lipinski definition) is 6. The summed E-state index contributed by atoms with van der Waals surface area (Å²) in [6.45, 7) is 2.19. The highest BCUT2D eigenvalue weighted by Gasteiger charge is 2.24. The number of aromatic nitrogens is 4. The fraction of sp³-hybridized carbons (Fsp3) is 0.242. The number of carbonyl (C=O) groups excluding carboxylic acids is 1. The zero-order valence-corrected chi connectivity index (χ0v) is 25.0. The molecule has 224 valence electrons. The lowest BCUT2D eigenvalue weighted by Crippen LogP contribution is -2.31. The summed E-state index contributed by atoms with van der Waals surface area (Å²) in [4.78, 5) is 19.7. The highest BCUT2D eigenvalue weighted by atomic mass is 32.2. The van der Waals surface area contributed by atoms with Gasteiger partial charge in [-0.25, -0.2) is 17.8 Å². The van der Waals surface area contributed by atoms with E-state index in [-0.39, 0.29) is 40.3 Å². The standard InChI is InChI=1S/C33H31FN6O3S/c1-38-15-12-30(13-16-38)40-18-11-29(37-40)23-44(42,43)31-9-6-27(21-26(31)5-2-24-3-7-28(34)8-4-24)33(41)36-22-25-10-17-39-19-14-35-32(39)20-25/h3-4,6-11,14,17-21,30H,12-13,15-16,22-23H2,1H3,(H,36,41). The van der Waals surface area contributed by atoms with Crippen LogP contribution < -0.4 is 5.32 Å². The summed E-state index contributed by atoms with van der Waals surface area (Å²) in [5.74, 6) is 4.74. The molecular formula is C33H31FN6O3S. The first kappa shape index (κ1) is 29.3. The van der Waals surface area contributed by atoms with Crippen molar-refractivity contribution < 1.29 is 17.6 Å². The van der Waals surface area contributed by atoms with E-state index in [1.165, 1.54) is 42.5 Å². The summed E-state index contributed by atoms with van der Waals surface area (Å²) in [5.41, 5.74) is 3.03. The quantitative estimate of drug-likeness (QED) is 0.277. The zero-order chi connectivity index (χ0) is 30.7. The molecule has 1 saturated heterocycles. The molecule has 0 aliphatic carbocycles. The van der Waals surface area contributed by atoms with Crippen LogP contribution in [0, 0.1) is 17.7 Å². The molecule has 0 atom stereocenters. The van der Waals surface area contributed by atoms with Gasteiger partial charge in [-0.3, -0.25) is 9.48 Å². The molecule has 9 nitrogen and oxygen atoms in total. The van der Waals surface area contributed by atoms with Crippen LogP contribution in [0.3, 0.4) is 0 Å². The molecule has 0 bridgehead atoms. The first-order valence-corrected chi connectivity index (χ1v) is 16.0. The molecule has 1 fully saturated rings. The second-order valence-electron chi connectivity index (χ2n) is 11.0. The van der Waals surface area contributed by atoms with Crippen molar-refractivity contribution in [2.75, 3.05) is 20.1 Å². The van der Waals surface area contributed by atoms with Crippen molar-refractivity contribution in [3.8, 4) is 11.8 Å². The minimum Gasteiger partial charge on any atom is -0.348 e. The molecule has 1 amide bonds. The van der Waals surface area contributed by atoms with Gasteiger partial charge in [-0.2, -0.15) is 5.10 Å². The third-order valence-electron chi connectivity index (χ3n) is 7.74. The smallest absolute Gasteiger partial charge is 0.251 e. The maximum absolute atomic E-state index is 13.7. The van der Waals surface area contributed by atoms with Gasteiger partial charge in [0, 0.05) is 48.0 Å². The summed E-state index contributed by atoms with van der Waals surface area (Å²) < 4.78 is 44.6. The van der Waals surface area contributed by atoms with Crippen molar-refractivity contribution in [3.63, 3.8) is 0 Å². The second kappa shape index (κ2) is 12.4. The number of fused-ring (bicyclic) bond motifs is 1. The molecule has 11 heteroatoms. The van der Waals surface area contributed by atoms with E-state index in [4.69, 9.17) is 0 Å². The summed E-state index contributed by atoms with van der Waals surface area (Å²) in [6, 6.07) is 15.7. The number of amides is 1. The van der Waals surface area contributed by atoms with Gasteiger partial charge in [-0.1, -0.05) is 11.8 Å². The van der Waals surface area contributed by atoms with Crippen molar-refractivity contribution in [1.82, 2.24) is 29.4 Å². The van der Waals surface area contributed by atoms with E-state index < -0.39 is 15.7 Å². The van der Waals surface area contributed by atoms with E-state index in [2.05, 4.69) is 39.2 Å². The largest absolute Gasteiger partial charge is 0.348 e. The first-order chi connectivity index (χ1) is 21.2. The number of sulfone groups is 1. The van der Waals surface area contributed by atoms with Gasteiger partial charge >= 0.3 is 0 Å². The molecule has 0 unspecified atom stereocenters. The lowest BCUT2D eigenvalue weighted by Gasteiger charge is -2.29. The van der Waals surface area contributed by atoms with E-state index in [9.17, 15) is 17.6 Å². The third kappa shape index (κ3) is 6.72. The maximum Gasteiger partial charge on any atom is 0.251 e. The molecule has 1 aliphatic heterocycles. The normalized spacial score (nSPS) is 14.3. The van der Waals surface area contributed by atoms with Crippen LogP contribution in [0.15, 0.2) is 90.3 Å². The summed E-state index contributed by atoms with van der Waals surface area (Å²) in [6.07, 6.45) is 9.15. The minimum atomic E-state index is -3.88. The number of hydrogen-bond donors (Lipinski definition) is 1. The Morgan fingerprint density at radius 2 is 1.80 bits per heavy atom. The van der Waals surface area contributed by atoms with Crippen LogP contribution in [0.4, 0.5) is 4.39 Å². The predicted octanol–water partition coefficient (Wildman–Crippen LogP) is 4.24. The lowest BCUT2D eigenvalue weighted by molar-refractivity contribution is 0.0950. The van der Waals surface area contributed by atoms with Gasteiger partial charge in [-0.05, 0) is 99.2 Å². The first-order valence-electron chi connectivity index (χ1n) is 14.3. The van der Waals surface area contributed by atoms with Crippen LogP contribution in [0.2, 0.25) is 0 Å². The number of likely N-dealkylation sites (tertiary alicyclic amines) is 1. The molecule has 44 heavy (non-hydrogen) atoms. The van der Waals surface area contributed by atoms with Crippen LogP contribution >= 0.6 is 0 Å². The van der Waals surface area contributed by atoms with Crippen molar-refractivity contribution >= 4 is 21.4 Å². The van der Waals surface area contributed by atoms with Gasteiger partial charge in [0.25, 0.3) is 5.91 Å². The summed E-state index contributed by atoms with van der Waals surface area (Å²) >= 11 is 0. The van der Waals surface area contributed by atoms with Crippen LogP contribution in [0.5, 0.6) is 0 Å². The highest BCUT2D eigenvalue weighted by Crippen LogP contribution is 2.24. The Morgan fingerprint density at radius 1 is 1.00 bits per heavy atom. The Morgan fingerprint density at radius 3 is 2.59 bits per heavy atom.